The van der Waals surface area contributed by atoms with Gasteiger partial charge in [-0.1, -0.05) is 0 Å². The van der Waals surface area contributed by atoms with Gasteiger partial charge in [0.05, 0.1) is 12.3 Å². The molecule has 2 fully saturated rings. The number of hydrogen-bond acceptors (Lipinski definition) is 5. The highest BCUT2D eigenvalue weighted by atomic mass is 19.4. The molecule has 2 aliphatic rings. The summed E-state index contributed by atoms with van der Waals surface area (Å²) in [7, 11) is 0. The average molecular weight is 371 g/mol. The number of carbonyl (C=O) groups is 2. The van der Waals surface area contributed by atoms with E-state index in [1.807, 2.05) is 0 Å². The Balaban J connectivity index is 1.61. The molecule has 1 spiro atoms. The second-order valence-electron chi connectivity index (χ2n) is 6.85. The van der Waals surface area contributed by atoms with E-state index in [0.29, 0.717) is 12.8 Å². The lowest BCUT2D eigenvalue weighted by molar-refractivity contribution is -0.150. The molecule has 142 valence electrons. The highest BCUT2D eigenvalue weighted by molar-refractivity contribution is 5.87. The van der Waals surface area contributed by atoms with Gasteiger partial charge in [0.1, 0.15) is 17.1 Å². The number of nitrogens with zero attached hydrogens (tertiary/aromatic N) is 2. The largest absolute Gasteiger partial charge is 0.458 e. The second kappa shape index (κ2) is 6.85. The van der Waals surface area contributed by atoms with Crippen molar-refractivity contribution in [1.29, 1.82) is 0 Å². The van der Waals surface area contributed by atoms with Crippen LogP contribution in [-0.2, 0) is 26.9 Å². The summed E-state index contributed by atoms with van der Waals surface area (Å²) in [5.74, 6) is -1.20. The van der Waals surface area contributed by atoms with Crippen LogP contribution in [0, 0.1) is 12.8 Å². The van der Waals surface area contributed by atoms with Gasteiger partial charge >= 0.3 is 12.1 Å². The monoisotopic (exact) mass is 371 g/mol. The summed E-state index contributed by atoms with van der Waals surface area (Å²) in [4.78, 5) is 31.6. The van der Waals surface area contributed by atoms with E-state index in [2.05, 4.69) is 15.3 Å². The minimum atomic E-state index is -4.54. The van der Waals surface area contributed by atoms with Crippen molar-refractivity contribution in [3.05, 3.63) is 23.3 Å². The van der Waals surface area contributed by atoms with Gasteiger partial charge in [-0.3, -0.25) is 9.59 Å². The van der Waals surface area contributed by atoms with Crippen molar-refractivity contribution in [3.8, 4) is 0 Å². The minimum Gasteiger partial charge on any atom is -0.458 e. The normalized spacial score (nSPS) is 21.8. The molecule has 1 aromatic heterocycles. The molecule has 1 saturated carbocycles. The van der Waals surface area contributed by atoms with E-state index >= 15 is 0 Å². The van der Waals surface area contributed by atoms with Crippen LogP contribution in [0.1, 0.15) is 49.3 Å². The zero-order valence-corrected chi connectivity index (χ0v) is 14.4. The average Bonchev–Trinajstić information content (AvgIpc) is 3.13. The van der Waals surface area contributed by atoms with Crippen LogP contribution in [0.3, 0.4) is 0 Å². The summed E-state index contributed by atoms with van der Waals surface area (Å²) in [6, 6.07) is 0.882. The predicted octanol–water partition coefficient (Wildman–Crippen LogP) is 2.34. The third-order valence-electron chi connectivity index (χ3n) is 4.93. The van der Waals surface area contributed by atoms with Gasteiger partial charge in [-0.2, -0.15) is 13.2 Å². The number of esters is 1. The van der Waals surface area contributed by atoms with Crippen molar-refractivity contribution in [2.24, 2.45) is 5.92 Å². The highest BCUT2D eigenvalue weighted by Crippen LogP contribution is 2.45. The summed E-state index contributed by atoms with van der Waals surface area (Å²) in [6.07, 6.45) is -1.25. The number of rotatable bonds is 4. The molecule has 1 N–H and O–H groups in total. The maximum absolute atomic E-state index is 12.8. The van der Waals surface area contributed by atoms with E-state index in [4.69, 9.17) is 4.74 Å². The number of aryl methyl sites for hydroxylation is 1. The van der Waals surface area contributed by atoms with Crippen LogP contribution < -0.4 is 5.32 Å². The van der Waals surface area contributed by atoms with Crippen LogP contribution in [0.15, 0.2) is 6.07 Å². The highest BCUT2D eigenvalue weighted by Gasteiger charge is 2.53. The molecular formula is C17H20F3N3O3. The van der Waals surface area contributed by atoms with Gasteiger partial charge in [0, 0.05) is 18.7 Å². The van der Waals surface area contributed by atoms with Crippen LogP contribution in [0.25, 0.3) is 0 Å². The van der Waals surface area contributed by atoms with Gasteiger partial charge in [0.2, 0.25) is 5.91 Å². The molecule has 6 nitrogen and oxygen atoms in total. The number of amides is 1. The molecule has 0 radical (unpaired) electrons. The Kier molecular flexibility index (Phi) is 4.90. The smallest absolute Gasteiger partial charge is 0.433 e. The van der Waals surface area contributed by atoms with E-state index in [1.54, 1.807) is 0 Å². The van der Waals surface area contributed by atoms with Gasteiger partial charge in [0.15, 0.2) is 0 Å². The first-order valence-electron chi connectivity index (χ1n) is 8.61. The lowest BCUT2D eigenvalue weighted by atomic mass is 9.85. The minimum absolute atomic E-state index is 0.0203. The molecule has 1 aliphatic carbocycles. The summed E-state index contributed by atoms with van der Waals surface area (Å²) in [5.41, 5.74) is -1.48. The van der Waals surface area contributed by atoms with Crippen LogP contribution in [-0.4, -0.2) is 34.0 Å². The fourth-order valence-corrected chi connectivity index (χ4v) is 3.76. The Labute approximate surface area is 148 Å². The van der Waals surface area contributed by atoms with Crippen LogP contribution in [0.2, 0.25) is 0 Å². The predicted molar refractivity (Wildman–Crippen MR) is 83.9 cm³/mol. The quantitative estimate of drug-likeness (QED) is 0.822. The van der Waals surface area contributed by atoms with Crippen LogP contribution in [0.4, 0.5) is 13.2 Å². The summed E-state index contributed by atoms with van der Waals surface area (Å²) in [6.45, 7) is 1.56. The standard InChI is InChI=1S/C17H20F3N3O3/c1-10-8-12(17(18,19)20)23-13(22-10)4-7-21-15(25)11-9-14(24)26-16(11)5-2-3-6-16/h8,11H,2-7,9H2,1H3,(H,21,25). The zero-order chi connectivity index (χ0) is 18.9. The molecule has 1 atom stereocenters. The molecule has 2 heterocycles. The molecule has 0 aromatic carbocycles. The third kappa shape index (κ3) is 3.81. The third-order valence-corrected chi connectivity index (χ3v) is 4.93. The maximum Gasteiger partial charge on any atom is 0.433 e. The summed E-state index contributed by atoms with van der Waals surface area (Å²) in [5, 5.41) is 2.69. The number of aromatic nitrogens is 2. The van der Waals surface area contributed by atoms with Crippen molar-refractivity contribution in [2.75, 3.05) is 6.54 Å². The fraction of sp³-hybridized carbons (Fsp3) is 0.647. The van der Waals surface area contributed by atoms with E-state index < -0.39 is 23.4 Å². The molecule has 1 amide bonds. The number of nitrogens with one attached hydrogen (secondary N) is 1. The molecule has 9 heteroatoms. The van der Waals surface area contributed by atoms with E-state index in [1.165, 1.54) is 6.92 Å². The van der Waals surface area contributed by atoms with Crippen molar-refractivity contribution in [3.63, 3.8) is 0 Å². The Morgan fingerprint density at radius 1 is 1.35 bits per heavy atom. The number of hydrogen-bond donors (Lipinski definition) is 1. The molecular weight excluding hydrogens is 351 g/mol. The van der Waals surface area contributed by atoms with Gasteiger partial charge in [-0.25, -0.2) is 9.97 Å². The first kappa shape index (κ1) is 18.6. The van der Waals surface area contributed by atoms with Crippen LogP contribution in [0.5, 0.6) is 0 Å². The SMILES string of the molecule is Cc1cc(C(F)(F)F)nc(CCNC(=O)C2CC(=O)OC23CCCC3)n1. The number of ether oxygens (including phenoxy) is 1. The number of alkyl halides is 3. The van der Waals surface area contributed by atoms with Crippen LogP contribution >= 0.6 is 0 Å². The lowest BCUT2D eigenvalue weighted by Crippen LogP contribution is -2.43. The molecule has 0 bridgehead atoms. The number of carbonyl (C=O) groups excluding carboxylic acids is 2. The van der Waals surface area contributed by atoms with E-state index in [0.717, 1.165) is 18.9 Å². The Morgan fingerprint density at radius 2 is 2.04 bits per heavy atom. The van der Waals surface area contributed by atoms with Crippen molar-refractivity contribution in [1.82, 2.24) is 15.3 Å². The maximum atomic E-state index is 12.8. The Bertz CT molecular complexity index is 715. The topological polar surface area (TPSA) is 81.2 Å². The summed E-state index contributed by atoms with van der Waals surface area (Å²) < 4.78 is 43.8. The first-order valence-corrected chi connectivity index (χ1v) is 8.61. The fourth-order valence-electron chi connectivity index (χ4n) is 3.76. The Morgan fingerprint density at radius 3 is 2.69 bits per heavy atom. The van der Waals surface area contributed by atoms with Gasteiger partial charge in [-0.05, 0) is 38.7 Å². The molecule has 1 aliphatic heterocycles. The second-order valence-corrected chi connectivity index (χ2v) is 6.85. The molecule has 26 heavy (non-hydrogen) atoms. The van der Waals surface area contributed by atoms with Crippen molar-refractivity contribution < 1.29 is 27.5 Å². The first-order chi connectivity index (χ1) is 12.2. The number of halogens is 3. The Hall–Kier alpha value is -2.19. The molecule has 1 unspecified atom stereocenters. The molecule has 1 aromatic rings. The van der Waals surface area contributed by atoms with E-state index in [9.17, 15) is 22.8 Å². The zero-order valence-electron chi connectivity index (χ0n) is 14.4. The summed E-state index contributed by atoms with van der Waals surface area (Å²) >= 11 is 0. The van der Waals surface area contributed by atoms with Gasteiger partial charge in [0.25, 0.3) is 0 Å². The van der Waals surface area contributed by atoms with Gasteiger partial charge < -0.3 is 10.1 Å². The van der Waals surface area contributed by atoms with Crippen molar-refractivity contribution >= 4 is 11.9 Å². The molecule has 1 saturated heterocycles. The van der Waals surface area contributed by atoms with Crippen molar-refractivity contribution in [2.45, 2.75) is 57.2 Å². The lowest BCUT2D eigenvalue weighted by Gasteiger charge is -2.27. The van der Waals surface area contributed by atoms with Gasteiger partial charge in [-0.15, -0.1) is 0 Å². The molecule has 3 rings (SSSR count). The van der Waals surface area contributed by atoms with E-state index in [-0.39, 0.29) is 42.8 Å².